The summed E-state index contributed by atoms with van der Waals surface area (Å²) in [5.41, 5.74) is 0. The van der Waals surface area contributed by atoms with Gasteiger partial charge in [0.05, 0.1) is 12.1 Å². The molecule has 1 aliphatic rings. The molecule has 0 bridgehead atoms. The van der Waals surface area contributed by atoms with E-state index in [0.717, 1.165) is 13.1 Å². The van der Waals surface area contributed by atoms with Gasteiger partial charge < -0.3 is 19.8 Å². The fourth-order valence-electron chi connectivity index (χ4n) is 1.91. The largest absolute Gasteiger partial charge is 0.392 e. The maximum absolute atomic E-state index is 9.41. The molecule has 1 aliphatic heterocycles. The molecule has 0 radical (unpaired) electrons. The zero-order valence-corrected chi connectivity index (χ0v) is 9.68. The van der Waals surface area contributed by atoms with Crippen LogP contribution in [0.3, 0.4) is 0 Å². The average molecular weight is 226 g/mol. The second-order valence-corrected chi connectivity index (χ2v) is 3.96. The molecule has 6 heteroatoms. The molecule has 0 aliphatic carbocycles. The van der Waals surface area contributed by atoms with E-state index in [1.165, 1.54) is 0 Å². The predicted molar refractivity (Wildman–Crippen MR) is 59.2 cm³/mol. The number of hydrogen-bond donors (Lipinski definition) is 2. The number of aliphatic hydroxyl groups excluding tert-OH is 1. The summed E-state index contributed by atoms with van der Waals surface area (Å²) in [4.78, 5) is 6.37. The summed E-state index contributed by atoms with van der Waals surface area (Å²) in [6.45, 7) is 6.41. The molecular formula is C10H18N4O2. The highest BCUT2D eigenvalue weighted by Crippen LogP contribution is 2.23. The van der Waals surface area contributed by atoms with Crippen molar-refractivity contribution in [2.45, 2.75) is 32.4 Å². The molecule has 2 N–H and O–H groups in total. The van der Waals surface area contributed by atoms with Crippen LogP contribution >= 0.6 is 0 Å². The monoisotopic (exact) mass is 226 g/mol. The number of anilines is 1. The van der Waals surface area contributed by atoms with Gasteiger partial charge in [0.15, 0.2) is 0 Å². The van der Waals surface area contributed by atoms with Crippen molar-refractivity contribution in [2.24, 2.45) is 0 Å². The number of aromatic nitrogens is 2. The molecule has 1 fully saturated rings. The first-order valence-corrected chi connectivity index (χ1v) is 5.74. The summed E-state index contributed by atoms with van der Waals surface area (Å²) in [6.07, 6.45) is 0.327. The van der Waals surface area contributed by atoms with Gasteiger partial charge in [-0.1, -0.05) is 0 Å². The zero-order chi connectivity index (χ0) is 11.5. The van der Waals surface area contributed by atoms with Gasteiger partial charge in [-0.3, -0.25) is 0 Å². The highest BCUT2D eigenvalue weighted by atomic mass is 16.5. The maximum Gasteiger partial charge on any atom is 0.266 e. The topological polar surface area (TPSA) is 74.4 Å². The van der Waals surface area contributed by atoms with Gasteiger partial charge in [-0.2, -0.15) is 4.98 Å². The number of aliphatic hydroxyl groups is 1. The van der Waals surface area contributed by atoms with Gasteiger partial charge in [0, 0.05) is 19.6 Å². The minimum atomic E-state index is -0.311. The summed E-state index contributed by atoms with van der Waals surface area (Å²) in [6, 6.07) is -0.00758. The lowest BCUT2D eigenvalue weighted by atomic mass is 10.2. The summed E-state index contributed by atoms with van der Waals surface area (Å²) in [5.74, 6) is 1.20. The standard InChI is InChI=1S/C10H18N4O2/c1-3-14(4-2)10-12-9(16-13-10)8-5-7(15)6-11-8/h7-8,11,15H,3-6H2,1-2H3/t7-,8+/m0/s1. The number of hydrogen-bond acceptors (Lipinski definition) is 6. The third-order valence-electron chi connectivity index (χ3n) is 2.88. The van der Waals surface area contributed by atoms with Crippen molar-refractivity contribution < 1.29 is 9.63 Å². The third-order valence-corrected chi connectivity index (χ3v) is 2.88. The van der Waals surface area contributed by atoms with Crippen LogP contribution in [0.25, 0.3) is 0 Å². The molecule has 1 saturated heterocycles. The molecule has 16 heavy (non-hydrogen) atoms. The molecule has 1 aromatic rings. The average Bonchev–Trinajstić information content (AvgIpc) is 2.89. The van der Waals surface area contributed by atoms with Crippen LogP contribution in [0.1, 0.15) is 32.2 Å². The van der Waals surface area contributed by atoms with E-state index in [2.05, 4.69) is 29.3 Å². The van der Waals surface area contributed by atoms with Gasteiger partial charge >= 0.3 is 0 Å². The highest BCUT2D eigenvalue weighted by Gasteiger charge is 2.28. The van der Waals surface area contributed by atoms with Gasteiger partial charge in [0.25, 0.3) is 5.95 Å². The molecule has 0 amide bonds. The van der Waals surface area contributed by atoms with Gasteiger partial charge in [-0.05, 0) is 25.4 Å². The Morgan fingerprint density at radius 1 is 1.50 bits per heavy atom. The second-order valence-electron chi connectivity index (χ2n) is 3.96. The molecule has 0 unspecified atom stereocenters. The Morgan fingerprint density at radius 3 is 2.81 bits per heavy atom. The first-order chi connectivity index (χ1) is 7.74. The van der Waals surface area contributed by atoms with Crippen LogP contribution in [-0.4, -0.2) is 41.0 Å². The summed E-state index contributed by atoms with van der Waals surface area (Å²) in [7, 11) is 0. The van der Waals surface area contributed by atoms with Gasteiger partial charge in [0.1, 0.15) is 0 Å². The van der Waals surface area contributed by atoms with E-state index in [4.69, 9.17) is 4.52 Å². The Kier molecular flexibility index (Phi) is 3.40. The Morgan fingerprint density at radius 2 is 2.25 bits per heavy atom. The first-order valence-electron chi connectivity index (χ1n) is 5.74. The van der Waals surface area contributed by atoms with Crippen LogP contribution in [0, 0.1) is 0 Å². The minimum Gasteiger partial charge on any atom is -0.392 e. The van der Waals surface area contributed by atoms with Crippen molar-refractivity contribution in [1.29, 1.82) is 0 Å². The number of rotatable bonds is 4. The third kappa shape index (κ3) is 2.17. The van der Waals surface area contributed by atoms with Crippen LogP contribution < -0.4 is 10.2 Å². The zero-order valence-electron chi connectivity index (χ0n) is 9.68. The van der Waals surface area contributed by atoms with E-state index < -0.39 is 0 Å². The molecule has 0 aromatic carbocycles. The van der Waals surface area contributed by atoms with Crippen LogP contribution in [0.15, 0.2) is 4.52 Å². The van der Waals surface area contributed by atoms with Crippen LogP contribution in [-0.2, 0) is 0 Å². The molecule has 2 heterocycles. The van der Waals surface area contributed by atoms with Crippen molar-refractivity contribution in [2.75, 3.05) is 24.5 Å². The molecule has 2 atom stereocenters. The highest BCUT2D eigenvalue weighted by molar-refractivity contribution is 5.27. The van der Waals surface area contributed by atoms with Crippen molar-refractivity contribution >= 4 is 5.95 Å². The van der Waals surface area contributed by atoms with Gasteiger partial charge in [0.2, 0.25) is 5.89 Å². The van der Waals surface area contributed by atoms with Crippen molar-refractivity contribution in [3.8, 4) is 0 Å². The smallest absolute Gasteiger partial charge is 0.266 e. The van der Waals surface area contributed by atoms with Crippen molar-refractivity contribution in [1.82, 2.24) is 15.5 Å². The number of nitrogens with one attached hydrogen (secondary N) is 1. The van der Waals surface area contributed by atoms with Crippen LogP contribution in [0.2, 0.25) is 0 Å². The van der Waals surface area contributed by atoms with E-state index >= 15 is 0 Å². The predicted octanol–water partition coefficient (Wildman–Crippen LogP) is 0.311. The lowest BCUT2D eigenvalue weighted by Gasteiger charge is -2.14. The first kappa shape index (κ1) is 11.3. The molecule has 90 valence electrons. The van der Waals surface area contributed by atoms with Crippen LogP contribution in [0.4, 0.5) is 5.95 Å². The number of β-amino-alcohol motifs (C(OH)–C–C–N with tert-alkyl or cyclic N) is 1. The summed E-state index contributed by atoms with van der Waals surface area (Å²) in [5, 5.41) is 16.5. The van der Waals surface area contributed by atoms with Crippen LogP contribution in [0.5, 0.6) is 0 Å². The SMILES string of the molecule is CCN(CC)c1noc([C@H]2C[C@H](O)CN2)n1. The summed E-state index contributed by atoms with van der Waals surface area (Å²) >= 11 is 0. The molecule has 0 saturated carbocycles. The quantitative estimate of drug-likeness (QED) is 0.769. The Labute approximate surface area is 94.6 Å². The Hall–Kier alpha value is -1.14. The van der Waals surface area contributed by atoms with Crippen molar-refractivity contribution in [3.63, 3.8) is 0 Å². The van der Waals surface area contributed by atoms with E-state index in [-0.39, 0.29) is 12.1 Å². The lowest BCUT2D eigenvalue weighted by molar-refractivity contribution is 0.191. The van der Waals surface area contributed by atoms with E-state index in [0.29, 0.717) is 24.8 Å². The van der Waals surface area contributed by atoms with Gasteiger partial charge in [-0.25, -0.2) is 0 Å². The fraction of sp³-hybridized carbons (Fsp3) is 0.800. The molecule has 2 rings (SSSR count). The lowest BCUT2D eigenvalue weighted by Crippen LogP contribution is -2.23. The van der Waals surface area contributed by atoms with E-state index in [1.807, 2.05) is 4.90 Å². The van der Waals surface area contributed by atoms with Gasteiger partial charge in [-0.15, -0.1) is 0 Å². The Bertz CT molecular complexity index is 337. The number of nitrogens with zero attached hydrogens (tertiary/aromatic N) is 3. The second kappa shape index (κ2) is 4.80. The molecule has 1 aromatic heterocycles. The minimum absolute atomic E-state index is 0.00758. The molecule has 0 spiro atoms. The van der Waals surface area contributed by atoms with E-state index in [9.17, 15) is 5.11 Å². The fourth-order valence-corrected chi connectivity index (χ4v) is 1.91. The van der Waals surface area contributed by atoms with E-state index in [1.54, 1.807) is 0 Å². The molecular weight excluding hydrogens is 208 g/mol. The Balaban J connectivity index is 2.07. The molecule has 6 nitrogen and oxygen atoms in total. The summed E-state index contributed by atoms with van der Waals surface area (Å²) < 4.78 is 5.21. The normalized spacial score (nSPS) is 24.9. The van der Waals surface area contributed by atoms with Crippen molar-refractivity contribution in [3.05, 3.63) is 5.89 Å². The maximum atomic E-state index is 9.41.